The molecule has 1 amide bonds. The average Bonchev–Trinajstić information content (AvgIpc) is 3.53. The molecule has 1 unspecified atom stereocenters. The number of nitrogens with one attached hydrogen (secondary N) is 1. The Kier molecular flexibility index (Phi) is 5.18. The van der Waals surface area contributed by atoms with Gasteiger partial charge >= 0.3 is 0 Å². The standard InChI is InChI=1S/C24H26N6O3/c31-24(26-11-16-4-5-22-23(9-16)33-15-32-22)19-13-29-8-6-17(19)10-18(29)12-30-14-21(27-28-30)20-3-1-2-7-25-20/h1-5,7,9,14,17-19H,6,8,10-13,15H2,(H,26,31)/t17-,18-,19+/m1/s1. The number of hydrogen-bond donors (Lipinski definition) is 1. The number of benzene rings is 1. The predicted octanol–water partition coefficient (Wildman–Crippen LogP) is 2.10. The molecule has 0 spiro atoms. The Morgan fingerprint density at radius 1 is 1.15 bits per heavy atom. The first-order valence-corrected chi connectivity index (χ1v) is 11.4. The van der Waals surface area contributed by atoms with Gasteiger partial charge in [-0.1, -0.05) is 17.3 Å². The van der Waals surface area contributed by atoms with E-state index in [0.717, 1.165) is 60.9 Å². The van der Waals surface area contributed by atoms with Gasteiger partial charge in [0.1, 0.15) is 5.69 Å². The van der Waals surface area contributed by atoms with Crippen molar-refractivity contribution in [3.8, 4) is 22.9 Å². The van der Waals surface area contributed by atoms with Crippen LogP contribution in [0.1, 0.15) is 18.4 Å². The first-order chi connectivity index (χ1) is 16.2. The fourth-order valence-corrected chi connectivity index (χ4v) is 5.23. The van der Waals surface area contributed by atoms with Crippen LogP contribution < -0.4 is 14.8 Å². The normalized spacial score (nSPS) is 25.2. The summed E-state index contributed by atoms with van der Waals surface area (Å²) in [5.41, 5.74) is 2.63. The van der Waals surface area contributed by atoms with Crippen LogP contribution in [-0.2, 0) is 17.9 Å². The van der Waals surface area contributed by atoms with Gasteiger partial charge in [-0.2, -0.15) is 0 Å². The molecule has 4 atom stereocenters. The van der Waals surface area contributed by atoms with E-state index in [1.807, 2.05) is 47.3 Å². The molecule has 0 radical (unpaired) electrons. The Balaban J connectivity index is 1.05. The second kappa shape index (κ2) is 8.47. The zero-order valence-electron chi connectivity index (χ0n) is 18.3. The van der Waals surface area contributed by atoms with Gasteiger partial charge in [0.05, 0.1) is 24.4 Å². The summed E-state index contributed by atoms with van der Waals surface area (Å²) in [5, 5.41) is 11.7. The molecule has 170 valence electrons. The monoisotopic (exact) mass is 446 g/mol. The summed E-state index contributed by atoms with van der Waals surface area (Å²) < 4.78 is 12.7. The Labute approximate surface area is 191 Å². The zero-order valence-corrected chi connectivity index (χ0v) is 18.3. The summed E-state index contributed by atoms with van der Waals surface area (Å²) in [4.78, 5) is 19.8. The lowest BCUT2D eigenvalue weighted by atomic mass is 9.75. The van der Waals surface area contributed by atoms with E-state index < -0.39 is 0 Å². The highest BCUT2D eigenvalue weighted by Gasteiger charge is 2.43. The van der Waals surface area contributed by atoms with Gasteiger partial charge in [0.15, 0.2) is 11.5 Å². The van der Waals surface area contributed by atoms with Gasteiger partial charge in [-0.3, -0.25) is 19.4 Å². The molecular formula is C24H26N6O3. The second-order valence-corrected chi connectivity index (χ2v) is 8.99. The number of ether oxygens (including phenoxy) is 2. The number of fused-ring (bicyclic) bond motifs is 4. The minimum atomic E-state index is 0.0313. The average molecular weight is 447 g/mol. The molecule has 6 heterocycles. The summed E-state index contributed by atoms with van der Waals surface area (Å²) in [5.74, 6) is 2.07. The minimum Gasteiger partial charge on any atom is -0.454 e. The number of carbonyl (C=O) groups excluding carboxylic acids is 1. The Morgan fingerprint density at radius 3 is 2.94 bits per heavy atom. The summed E-state index contributed by atoms with van der Waals surface area (Å²) in [6.07, 6.45) is 5.79. The van der Waals surface area contributed by atoms with E-state index in [-0.39, 0.29) is 18.6 Å². The summed E-state index contributed by atoms with van der Waals surface area (Å²) >= 11 is 0. The molecule has 0 aliphatic carbocycles. The van der Waals surface area contributed by atoms with Crippen LogP contribution in [-0.4, -0.2) is 56.7 Å². The SMILES string of the molecule is O=C(NCc1ccc2c(c1)OCO2)[C@H]1CN2CC[C@@H]1C[C@@H]2Cn1cc(-c2ccccn2)nn1. The largest absolute Gasteiger partial charge is 0.454 e. The third-order valence-corrected chi connectivity index (χ3v) is 6.98. The molecule has 9 heteroatoms. The highest BCUT2D eigenvalue weighted by atomic mass is 16.7. The van der Waals surface area contributed by atoms with E-state index in [9.17, 15) is 4.79 Å². The van der Waals surface area contributed by atoms with Gasteiger partial charge in [0.2, 0.25) is 12.7 Å². The molecule has 2 bridgehead atoms. The lowest BCUT2D eigenvalue weighted by Crippen LogP contribution is -2.57. The molecule has 4 aliphatic rings. The first kappa shape index (κ1) is 20.2. The van der Waals surface area contributed by atoms with E-state index in [1.165, 1.54) is 0 Å². The van der Waals surface area contributed by atoms with Crippen LogP contribution in [0.5, 0.6) is 11.5 Å². The maximum Gasteiger partial charge on any atom is 0.231 e. The molecule has 1 aromatic carbocycles. The number of rotatable bonds is 6. The van der Waals surface area contributed by atoms with Crippen molar-refractivity contribution in [1.82, 2.24) is 30.2 Å². The van der Waals surface area contributed by atoms with Crippen LogP contribution >= 0.6 is 0 Å². The van der Waals surface area contributed by atoms with Gasteiger partial charge in [-0.25, -0.2) is 0 Å². The number of carbonyl (C=O) groups is 1. The molecule has 3 saturated heterocycles. The van der Waals surface area contributed by atoms with Crippen LogP contribution in [0, 0.1) is 11.8 Å². The van der Waals surface area contributed by atoms with Crippen LogP contribution in [0.25, 0.3) is 11.4 Å². The molecule has 2 aromatic heterocycles. The van der Waals surface area contributed by atoms with Crippen molar-refractivity contribution < 1.29 is 14.3 Å². The Bertz CT molecular complexity index is 1150. The highest BCUT2D eigenvalue weighted by molar-refractivity contribution is 5.79. The van der Waals surface area contributed by atoms with Crippen LogP contribution in [0.15, 0.2) is 48.8 Å². The molecule has 7 rings (SSSR count). The minimum absolute atomic E-state index is 0.0313. The predicted molar refractivity (Wildman–Crippen MR) is 119 cm³/mol. The quantitative estimate of drug-likeness (QED) is 0.620. The Morgan fingerprint density at radius 2 is 2.09 bits per heavy atom. The molecular weight excluding hydrogens is 420 g/mol. The topological polar surface area (TPSA) is 94.4 Å². The van der Waals surface area contributed by atoms with Gasteiger partial charge in [0.25, 0.3) is 0 Å². The number of nitrogens with zero attached hydrogens (tertiary/aromatic N) is 5. The summed E-state index contributed by atoms with van der Waals surface area (Å²) in [7, 11) is 0. The van der Waals surface area contributed by atoms with Crippen molar-refractivity contribution >= 4 is 5.91 Å². The van der Waals surface area contributed by atoms with Crippen LogP contribution in [0.4, 0.5) is 0 Å². The highest BCUT2D eigenvalue weighted by Crippen LogP contribution is 2.37. The molecule has 3 fully saturated rings. The number of hydrogen-bond acceptors (Lipinski definition) is 7. The van der Waals surface area contributed by atoms with E-state index in [1.54, 1.807) is 6.20 Å². The zero-order chi connectivity index (χ0) is 22.2. The lowest BCUT2D eigenvalue weighted by Gasteiger charge is -2.49. The number of aromatic nitrogens is 4. The van der Waals surface area contributed by atoms with E-state index in [0.29, 0.717) is 18.5 Å². The molecule has 9 nitrogen and oxygen atoms in total. The first-order valence-electron chi connectivity index (χ1n) is 11.4. The fourth-order valence-electron chi connectivity index (χ4n) is 5.23. The third kappa shape index (κ3) is 4.04. The number of piperidine rings is 3. The molecule has 0 saturated carbocycles. The molecule has 1 N–H and O–H groups in total. The molecule has 4 aliphatic heterocycles. The Hall–Kier alpha value is -3.46. The number of amides is 1. The second-order valence-electron chi connectivity index (χ2n) is 8.99. The van der Waals surface area contributed by atoms with Gasteiger partial charge in [-0.15, -0.1) is 5.10 Å². The van der Waals surface area contributed by atoms with Gasteiger partial charge in [-0.05, 0) is 55.1 Å². The third-order valence-electron chi connectivity index (χ3n) is 6.98. The van der Waals surface area contributed by atoms with E-state index in [4.69, 9.17) is 9.47 Å². The van der Waals surface area contributed by atoms with Crippen molar-refractivity contribution in [3.63, 3.8) is 0 Å². The van der Waals surface area contributed by atoms with Crippen molar-refractivity contribution in [2.75, 3.05) is 19.9 Å². The van der Waals surface area contributed by atoms with E-state index in [2.05, 4.69) is 25.5 Å². The smallest absolute Gasteiger partial charge is 0.231 e. The van der Waals surface area contributed by atoms with Gasteiger partial charge < -0.3 is 14.8 Å². The molecule has 33 heavy (non-hydrogen) atoms. The van der Waals surface area contributed by atoms with Crippen LogP contribution in [0.3, 0.4) is 0 Å². The summed E-state index contributed by atoms with van der Waals surface area (Å²) in [6.45, 7) is 3.36. The van der Waals surface area contributed by atoms with Gasteiger partial charge in [0, 0.05) is 25.3 Å². The lowest BCUT2D eigenvalue weighted by molar-refractivity contribution is -0.133. The van der Waals surface area contributed by atoms with Crippen molar-refractivity contribution in [2.45, 2.75) is 32.0 Å². The maximum absolute atomic E-state index is 13.0. The van der Waals surface area contributed by atoms with Crippen molar-refractivity contribution in [3.05, 3.63) is 54.4 Å². The number of pyridine rings is 1. The fraction of sp³-hybridized carbons (Fsp3) is 0.417. The summed E-state index contributed by atoms with van der Waals surface area (Å²) in [6, 6.07) is 12.0. The van der Waals surface area contributed by atoms with E-state index >= 15 is 0 Å². The molecule has 3 aromatic rings. The van der Waals surface area contributed by atoms with Crippen LogP contribution in [0.2, 0.25) is 0 Å². The van der Waals surface area contributed by atoms with Crippen molar-refractivity contribution in [2.24, 2.45) is 11.8 Å². The van der Waals surface area contributed by atoms with Crippen molar-refractivity contribution in [1.29, 1.82) is 0 Å². The maximum atomic E-state index is 13.0.